The number of nitrogens with zero attached hydrogens (tertiary/aromatic N) is 1. The minimum Gasteiger partial charge on any atom is -0.398 e. The molecule has 1 aromatic carbocycles. The molecule has 0 bridgehead atoms. The first-order valence-electron chi connectivity index (χ1n) is 6.90. The number of anilines is 2. The van der Waals surface area contributed by atoms with Crippen LogP contribution in [-0.2, 0) is 4.74 Å². The Morgan fingerprint density at radius 3 is 3.20 bits per heavy atom. The monoisotopic (exact) mass is 275 g/mol. The summed E-state index contributed by atoms with van der Waals surface area (Å²) in [6.07, 6.45) is 3.71. The lowest BCUT2D eigenvalue weighted by Crippen LogP contribution is -2.11. The molecule has 2 aromatic rings. The van der Waals surface area contributed by atoms with E-state index in [2.05, 4.69) is 10.3 Å². The molecule has 5 heteroatoms. The van der Waals surface area contributed by atoms with E-state index in [0.717, 1.165) is 31.4 Å². The van der Waals surface area contributed by atoms with Crippen molar-refractivity contribution in [2.45, 2.75) is 12.8 Å². The van der Waals surface area contributed by atoms with Crippen LogP contribution in [0.15, 0.2) is 24.4 Å². The Bertz CT molecular complexity index is 611. The fourth-order valence-corrected chi connectivity index (χ4v) is 2.62. The summed E-state index contributed by atoms with van der Waals surface area (Å²) in [6, 6.07) is 5.01. The number of hydrogen-bond acceptors (Lipinski definition) is 4. The third-order valence-electron chi connectivity index (χ3n) is 3.75. The molecule has 0 amide bonds. The second-order valence-corrected chi connectivity index (χ2v) is 5.17. The van der Waals surface area contributed by atoms with Crippen molar-refractivity contribution in [3.05, 3.63) is 30.2 Å². The standard InChI is InChI=1S/C15H18FN3O/c16-12-8-13(17)11-2-1-5-18-14(11)15(12)19-6-3-10-4-7-20-9-10/h1-2,5,8,10,19H,3-4,6-7,9,17H2. The van der Waals surface area contributed by atoms with Gasteiger partial charge in [-0.15, -0.1) is 0 Å². The largest absolute Gasteiger partial charge is 0.398 e. The van der Waals surface area contributed by atoms with Crippen LogP contribution in [0.2, 0.25) is 0 Å². The summed E-state index contributed by atoms with van der Waals surface area (Å²) in [5.41, 5.74) is 7.28. The zero-order valence-corrected chi connectivity index (χ0v) is 11.2. The van der Waals surface area contributed by atoms with Gasteiger partial charge < -0.3 is 15.8 Å². The topological polar surface area (TPSA) is 60.2 Å². The molecule has 1 aromatic heterocycles. The van der Waals surface area contributed by atoms with Gasteiger partial charge in [-0.2, -0.15) is 0 Å². The van der Waals surface area contributed by atoms with Gasteiger partial charge in [0.25, 0.3) is 0 Å². The van der Waals surface area contributed by atoms with E-state index in [4.69, 9.17) is 10.5 Å². The van der Waals surface area contributed by atoms with Crippen LogP contribution >= 0.6 is 0 Å². The smallest absolute Gasteiger partial charge is 0.150 e. The minimum atomic E-state index is -0.351. The number of nitrogen functional groups attached to an aromatic ring is 1. The molecular formula is C15H18FN3O. The number of rotatable bonds is 4. The van der Waals surface area contributed by atoms with Crippen molar-refractivity contribution in [1.82, 2.24) is 4.98 Å². The quantitative estimate of drug-likeness (QED) is 0.842. The van der Waals surface area contributed by atoms with Gasteiger partial charge in [0.1, 0.15) is 0 Å². The predicted octanol–water partition coefficient (Wildman–Crippen LogP) is 2.79. The fourth-order valence-electron chi connectivity index (χ4n) is 2.62. The first-order valence-corrected chi connectivity index (χ1v) is 6.90. The number of hydrogen-bond donors (Lipinski definition) is 2. The second-order valence-electron chi connectivity index (χ2n) is 5.17. The number of halogens is 1. The summed E-state index contributed by atoms with van der Waals surface area (Å²) in [4.78, 5) is 4.25. The van der Waals surface area contributed by atoms with E-state index in [1.165, 1.54) is 6.07 Å². The van der Waals surface area contributed by atoms with Crippen molar-refractivity contribution in [2.24, 2.45) is 5.92 Å². The zero-order valence-electron chi connectivity index (χ0n) is 11.2. The molecule has 0 radical (unpaired) electrons. The molecule has 2 heterocycles. The van der Waals surface area contributed by atoms with Crippen LogP contribution in [0.5, 0.6) is 0 Å². The maximum Gasteiger partial charge on any atom is 0.150 e. The van der Waals surface area contributed by atoms with Gasteiger partial charge in [0.2, 0.25) is 0 Å². The molecule has 0 spiro atoms. The number of nitrogens with one attached hydrogen (secondary N) is 1. The number of fused-ring (bicyclic) bond motifs is 1. The number of benzene rings is 1. The van der Waals surface area contributed by atoms with Gasteiger partial charge in [-0.05, 0) is 37.0 Å². The molecule has 1 saturated heterocycles. The van der Waals surface area contributed by atoms with Crippen LogP contribution in [0, 0.1) is 11.7 Å². The van der Waals surface area contributed by atoms with E-state index in [9.17, 15) is 4.39 Å². The van der Waals surface area contributed by atoms with Crippen LogP contribution < -0.4 is 11.1 Å². The summed E-state index contributed by atoms with van der Waals surface area (Å²) in [6.45, 7) is 2.36. The summed E-state index contributed by atoms with van der Waals surface area (Å²) in [5, 5.41) is 3.94. The van der Waals surface area contributed by atoms with Crippen molar-refractivity contribution in [1.29, 1.82) is 0 Å². The van der Waals surface area contributed by atoms with Gasteiger partial charge in [-0.25, -0.2) is 4.39 Å². The molecule has 1 aliphatic rings. The maximum absolute atomic E-state index is 14.1. The molecule has 3 N–H and O–H groups in total. The Hall–Kier alpha value is -1.88. The molecule has 20 heavy (non-hydrogen) atoms. The Morgan fingerprint density at radius 2 is 2.40 bits per heavy atom. The van der Waals surface area contributed by atoms with E-state index in [1.807, 2.05) is 6.07 Å². The first kappa shape index (κ1) is 13.1. The second kappa shape index (κ2) is 5.63. The highest BCUT2D eigenvalue weighted by molar-refractivity contribution is 5.98. The Balaban J connectivity index is 1.79. The summed E-state index contributed by atoms with van der Waals surface area (Å²) in [7, 11) is 0. The molecule has 1 unspecified atom stereocenters. The maximum atomic E-state index is 14.1. The van der Waals surface area contributed by atoms with Crippen molar-refractivity contribution < 1.29 is 9.13 Å². The number of aromatic nitrogens is 1. The molecule has 4 nitrogen and oxygen atoms in total. The number of nitrogens with two attached hydrogens (primary N) is 1. The van der Waals surface area contributed by atoms with Crippen LogP contribution in [0.4, 0.5) is 15.8 Å². The molecule has 0 aliphatic carbocycles. The molecule has 1 atom stereocenters. The third-order valence-corrected chi connectivity index (χ3v) is 3.75. The predicted molar refractivity (Wildman–Crippen MR) is 78.1 cm³/mol. The minimum absolute atomic E-state index is 0.351. The summed E-state index contributed by atoms with van der Waals surface area (Å²) >= 11 is 0. The summed E-state index contributed by atoms with van der Waals surface area (Å²) < 4.78 is 19.4. The third kappa shape index (κ3) is 2.54. The highest BCUT2D eigenvalue weighted by atomic mass is 19.1. The van der Waals surface area contributed by atoms with Crippen LogP contribution in [0.3, 0.4) is 0 Å². The Morgan fingerprint density at radius 1 is 1.50 bits per heavy atom. The highest BCUT2D eigenvalue weighted by Crippen LogP contribution is 2.29. The molecule has 3 rings (SSSR count). The highest BCUT2D eigenvalue weighted by Gasteiger charge is 2.16. The molecule has 106 valence electrons. The molecular weight excluding hydrogens is 257 g/mol. The average molecular weight is 275 g/mol. The van der Waals surface area contributed by atoms with Crippen molar-refractivity contribution in [2.75, 3.05) is 30.8 Å². The lowest BCUT2D eigenvalue weighted by molar-refractivity contribution is 0.185. The summed E-state index contributed by atoms with van der Waals surface area (Å²) in [5.74, 6) is 0.218. The number of pyridine rings is 1. The fraction of sp³-hybridized carbons (Fsp3) is 0.400. The van der Waals surface area contributed by atoms with Gasteiger partial charge >= 0.3 is 0 Å². The average Bonchev–Trinajstić information content (AvgIpc) is 2.96. The van der Waals surface area contributed by atoms with Crippen molar-refractivity contribution >= 4 is 22.3 Å². The normalized spacial score (nSPS) is 18.6. The van der Waals surface area contributed by atoms with Gasteiger partial charge in [0.15, 0.2) is 5.82 Å². The van der Waals surface area contributed by atoms with E-state index in [-0.39, 0.29) is 5.82 Å². The lowest BCUT2D eigenvalue weighted by Gasteiger charge is -2.13. The van der Waals surface area contributed by atoms with Gasteiger partial charge in [-0.3, -0.25) is 4.98 Å². The molecule has 1 fully saturated rings. The van der Waals surface area contributed by atoms with Gasteiger partial charge in [0.05, 0.1) is 11.2 Å². The Labute approximate surface area is 117 Å². The van der Waals surface area contributed by atoms with E-state index < -0.39 is 0 Å². The van der Waals surface area contributed by atoms with E-state index >= 15 is 0 Å². The first-order chi connectivity index (χ1) is 9.75. The van der Waals surface area contributed by atoms with Crippen LogP contribution in [0.25, 0.3) is 10.9 Å². The van der Waals surface area contributed by atoms with Gasteiger partial charge in [-0.1, -0.05) is 0 Å². The van der Waals surface area contributed by atoms with Crippen molar-refractivity contribution in [3.63, 3.8) is 0 Å². The van der Waals surface area contributed by atoms with Crippen molar-refractivity contribution in [3.8, 4) is 0 Å². The van der Waals surface area contributed by atoms with Gasteiger partial charge in [0, 0.05) is 37.0 Å². The van der Waals surface area contributed by atoms with Crippen LogP contribution in [0.1, 0.15) is 12.8 Å². The molecule has 1 aliphatic heterocycles. The molecule has 0 saturated carbocycles. The SMILES string of the molecule is Nc1cc(F)c(NCCC2CCOC2)c2ncccc12. The zero-order chi connectivity index (χ0) is 13.9. The van der Waals surface area contributed by atoms with E-state index in [0.29, 0.717) is 29.4 Å². The lowest BCUT2D eigenvalue weighted by atomic mass is 10.1. The Kier molecular flexibility index (Phi) is 3.69. The van der Waals surface area contributed by atoms with Crippen LogP contribution in [-0.4, -0.2) is 24.7 Å². The number of ether oxygens (including phenoxy) is 1. The van der Waals surface area contributed by atoms with E-state index in [1.54, 1.807) is 12.3 Å².